The molecule has 28 heteroatoms. The zero-order chi connectivity index (χ0) is 56.8. The Balaban J connectivity index is 0.000000187. The number of alkyl halides is 4. The quantitative estimate of drug-likeness (QED) is 0.0744. The van der Waals surface area contributed by atoms with Crippen LogP contribution in [0.3, 0.4) is 0 Å². The molecule has 24 nitrogen and oxygen atoms in total. The highest BCUT2D eigenvalue weighted by Gasteiger charge is 2.56. The molecule has 0 aliphatic carbocycles. The molecule has 0 radical (unpaired) electrons. The first-order chi connectivity index (χ1) is 35.8. The Hall–Kier alpha value is -4.70. The fourth-order valence-corrected chi connectivity index (χ4v) is 11.4. The number of nitrogens with two attached hydrogens (primary N) is 1. The average molecular weight is 1150 g/mol. The molecule has 422 valence electrons. The van der Waals surface area contributed by atoms with Crippen molar-refractivity contribution in [1.29, 1.82) is 0 Å². The molecule has 8 rings (SSSR count). The van der Waals surface area contributed by atoms with Gasteiger partial charge in [-0.2, -0.15) is 4.98 Å². The number of aliphatic hydroxyl groups excluding tert-OH is 4. The third-order valence-electron chi connectivity index (χ3n) is 15.1. The number of aromatic amines is 3. The molecule has 4 aliphatic rings. The van der Waals surface area contributed by atoms with Gasteiger partial charge in [0, 0.05) is 54.8 Å². The van der Waals surface area contributed by atoms with E-state index in [9.17, 15) is 54.0 Å². The predicted molar refractivity (Wildman–Crippen MR) is 283 cm³/mol. The maximum absolute atomic E-state index is 11.8. The molecule has 4 aromatic heterocycles. The first-order valence-electron chi connectivity index (χ1n) is 24.6. The van der Waals surface area contributed by atoms with Crippen molar-refractivity contribution < 1.29 is 39.4 Å². The van der Waals surface area contributed by atoms with Gasteiger partial charge in [-0.1, -0.05) is 54.5 Å². The molecule has 15 atom stereocenters. The molecule has 4 aliphatic heterocycles. The molecular weight excluding hydrogens is 1080 g/mol. The van der Waals surface area contributed by atoms with E-state index in [1.165, 1.54) is 52.1 Å². The summed E-state index contributed by atoms with van der Waals surface area (Å²) in [5.74, 6) is 0.239. The lowest BCUT2D eigenvalue weighted by atomic mass is 9.84. The van der Waals surface area contributed by atoms with E-state index >= 15 is 0 Å². The first-order valence-corrected chi connectivity index (χ1v) is 26.3. The molecule has 76 heavy (non-hydrogen) atoms. The zero-order valence-electron chi connectivity index (χ0n) is 42.9. The van der Waals surface area contributed by atoms with Crippen LogP contribution in [0.15, 0.2) is 95.3 Å². The van der Waals surface area contributed by atoms with Crippen molar-refractivity contribution in [2.45, 2.75) is 162 Å². The molecule has 0 amide bonds. The van der Waals surface area contributed by atoms with Gasteiger partial charge in [0.2, 0.25) is 0 Å². The Kier molecular flexibility index (Phi) is 20.8. The Morgan fingerprint density at radius 2 is 0.908 bits per heavy atom. The molecule has 0 saturated carbocycles. The highest BCUT2D eigenvalue weighted by Crippen LogP contribution is 2.48. The molecule has 4 aromatic rings. The first kappa shape index (κ1) is 62.1. The molecule has 0 spiro atoms. The van der Waals surface area contributed by atoms with E-state index in [4.69, 9.17) is 71.1 Å². The summed E-state index contributed by atoms with van der Waals surface area (Å²) in [6.45, 7) is 16.6. The van der Waals surface area contributed by atoms with Crippen LogP contribution < -0.4 is 45.2 Å². The summed E-state index contributed by atoms with van der Waals surface area (Å²) in [7, 11) is 0. The van der Waals surface area contributed by atoms with Crippen LogP contribution in [0.2, 0.25) is 0 Å². The number of halogens is 4. The van der Waals surface area contributed by atoms with Gasteiger partial charge in [-0.25, -0.2) is 19.2 Å². The lowest BCUT2D eigenvalue weighted by Gasteiger charge is -2.30. The average Bonchev–Trinajstić information content (AvgIpc) is 4.01. The summed E-state index contributed by atoms with van der Waals surface area (Å²) >= 11 is 25.0. The largest absolute Gasteiger partial charge is 0.393 e. The van der Waals surface area contributed by atoms with Crippen molar-refractivity contribution >= 4 is 52.2 Å². The second kappa shape index (κ2) is 25.4. The number of aliphatic hydroxyl groups is 4. The van der Waals surface area contributed by atoms with Crippen LogP contribution in [0.4, 0.5) is 5.82 Å². The number of nitrogens with one attached hydrogen (secondary N) is 3. The van der Waals surface area contributed by atoms with Gasteiger partial charge < -0.3 is 45.1 Å². The third-order valence-corrected chi connectivity index (χ3v) is 17.2. The Bertz CT molecular complexity index is 2940. The highest BCUT2D eigenvalue weighted by molar-refractivity contribution is 6.22. The second-order valence-corrected chi connectivity index (χ2v) is 20.8. The van der Waals surface area contributed by atoms with E-state index in [1.54, 1.807) is 19.9 Å². The van der Waals surface area contributed by atoms with Gasteiger partial charge in [0.1, 0.15) is 40.0 Å². The Labute approximate surface area is 454 Å². The van der Waals surface area contributed by atoms with E-state index in [2.05, 4.69) is 40.4 Å². The molecule has 0 bridgehead atoms. The topological polar surface area (TPSA) is 343 Å². The zero-order valence-corrected chi connectivity index (χ0v) is 45.9. The van der Waals surface area contributed by atoms with Gasteiger partial charge in [-0.3, -0.25) is 47.6 Å². The maximum Gasteiger partial charge on any atom is 0.351 e. The number of nitrogen functional groups attached to an aromatic ring is 1. The molecule has 0 unspecified atom stereocenters. The number of hydrogen-bond acceptors (Lipinski definition) is 17. The van der Waals surface area contributed by atoms with E-state index < -0.39 is 111 Å². The summed E-state index contributed by atoms with van der Waals surface area (Å²) in [5, 5.41) is 36.6. The normalized spacial score (nSPS) is 33.3. The molecule has 4 saturated heterocycles. The van der Waals surface area contributed by atoms with E-state index in [0.29, 0.717) is 12.8 Å². The summed E-state index contributed by atoms with van der Waals surface area (Å²) in [6.07, 6.45) is 5.12. The number of ether oxygens (including phenoxy) is 4. The van der Waals surface area contributed by atoms with Gasteiger partial charge in [-0.15, -0.1) is 53.0 Å². The standard InChI is InChI=1S/C13H19ClN2O3.C13H17ClN2O3.C11H16ClN3O4.C11H15ClN2O5/c2*1-4-13(5-2)8(3)10(14)11(19-13)16-7-6-9(17)15-12(16)18;1-2-11(5-16)8(17)7(12)9(19-11)15-4-3-6(13)14-10(15)18;1-2-11(5-15)8(17)7(12)9(19-11)14-4-3-6(16)13-10(14)18/h6-8,10-11H,4-5H2,1-3H3,(H,15,17,18);4,6-8,10-11H,1,5H2,2-3H3,(H,15,17,18);3-4,7-9,16-17H,2,5H2,1H3,(H2,13,14,18);3-4,7-9,15,17H,2,5H2,1H3,(H,13,16,18)/t8-,10+,11+;8-,10+,11+,13+;2*7-,8+,9-,11-/m0011/s1. The number of H-pyrrole nitrogens is 3. The van der Waals surface area contributed by atoms with Crippen molar-refractivity contribution in [1.82, 2.24) is 38.2 Å². The third kappa shape index (κ3) is 12.1. The van der Waals surface area contributed by atoms with Gasteiger partial charge in [0.15, 0.2) is 24.9 Å². The number of hydrogen-bond donors (Lipinski definition) is 8. The Morgan fingerprint density at radius 1 is 0.566 bits per heavy atom. The monoisotopic (exact) mass is 1150 g/mol. The van der Waals surface area contributed by atoms with Crippen molar-refractivity contribution in [2.75, 3.05) is 18.9 Å². The maximum atomic E-state index is 11.8. The summed E-state index contributed by atoms with van der Waals surface area (Å²) in [4.78, 5) is 90.4. The van der Waals surface area contributed by atoms with E-state index in [1.807, 2.05) is 20.8 Å². The van der Waals surface area contributed by atoms with Crippen LogP contribution in [0, 0.1) is 11.8 Å². The lowest BCUT2D eigenvalue weighted by Crippen LogP contribution is -2.44. The molecular formula is C48H67Cl4N9O15. The predicted octanol–water partition coefficient (Wildman–Crippen LogP) is 2.15. The number of rotatable bonds is 12. The summed E-state index contributed by atoms with van der Waals surface area (Å²) in [5.41, 5.74) is -1.53. The molecule has 9 N–H and O–H groups in total. The van der Waals surface area contributed by atoms with Crippen molar-refractivity contribution in [3.05, 3.63) is 135 Å². The van der Waals surface area contributed by atoms with Crippen LogP contribution in [0.25, 0.3) is 0 Å². The van der Waals surface area contributed by atoms with Crippen molar-refractivity contribution in [3.63, 3.8) is 0 Å². The van der Waals surface area contributed by atoms with Gasteiger partial charge in [0.25, 0.3) is 16.7 Å². The fourth-order valence-electron chi connectivity index (χ4n) is 9.76. The number of nitrogens with zero attached hydrogens (tertiary/aromatic N) is 5. The molecule has 8 heterocycles. The summed E-state index contributed by atoms with van der Waals surface area (Å²) in [6, 6.07) is 5.17. The minimum Gasteiger partial charge on any atom is -0.393 e. The second-order valence-electron chi connectivity index (χ2n) is 18.8. The molecule has 4 fully saturated rings. The fraction of sp³-hybridized carbons (Fsp3) is 0.625. The minimum absolute atomic E-state index is 0.0143. The smallest absolute Gasteiger partial charge is 0.351 e. The van der Waals surface area contributed by atoms with Gasteiger partial charge >= 0.3 is 22.8 Å². The van der Waals surface area contributed by atoms with E-state index in [0.717, 1.165) is 34.5 Å². The van der Waals surface area contributed by atoms with Crippen LogP contribution in [-0.2, 0) is 18.9 Å². The van der Waals surface area contributed by atoms with Crippen LogP contribution in [0.1, 0.15) is 105 Å². The van der Waals surface area contributed by atoms with Crippen LogP contribution in [0.5, 0.6) is 0 Å². The SMILES string of the molecule is C=C[C@]1(CC)O[C@@H](n2ccc(=O)[nH]c2=O)[C@H](Cl)[C@@H]1C.CCC1(CC)O[C@@H](n2ccc(=O)[nH]c2=O)[C@H](Cl)[C@@H]1C.CC[C@]1(CO)O[C@@H](n2ccc(=O)[nH]c2=O)[C@H](Cl)[C@@H]1O.CC[C@]1(CO)O[C@@H](n2ccc(N)nc2=O)[C@H](Cl)[C@@H]1O. The van der Waals surface area contributed by atoms with Crippen molar-refractivity contribution in [3.8, 4) is 0 Å². The van der Waals surface area contributed by atoms with Crippen molar-refractivity contribution in [2.24, 2.45) is 11.8 Å². The summed E-state index contributed by atoms with van der Waals surface area (Å²) < 4.78 is 28.2. The van der Waals surface area contributed by atoms with Gasteiger partial charge in [0.05, 0.1) is 35.2 Å². The van der Waals surface area contributed by atoms with E-state index in [-0.39, 0.29) is 40.6 Å². The van der Waals surface area contributed by atoms with Gasteiger partial charge in [-0.05, 0) is 38.2 Å². The molecule has 0 aromatic carbocycles. The highest BCUT2D eigenvalue weighted by atomic mass is 35.5. The van der Waals surface area contributed by atoms with Crippen LogP contribution >= 0.6 is 46.4 Å². The number of aromatic nitrogens is 8. The number of anilines is 1. The minimum atomic E-state index is -1.20. The lowest BCUT2D eigenvalue weighted by molar-refractivity contribution is -0.130. The Morgan fingerprint density at radius 3 is 1.21 bits per heavy atom. The van der Waals surface area contributed by atoms with Crippen LogP contribution in [-0.4, -0.2) is 128 Å².